The van der Waals surface area contributed by atoms with Crippen molar-refractivity contribution in [1.82, 2.24) is 4.98 Å². The molecule has 0 unspecified atom stereocenters. The van der Waals surface area contributed by atoms with Crippen molar-refractivity contribution in [2.45, 2.75) is 40.5 Å². The van der Waals surface area contributed by atoms with Gasteiger partial charge in [-0.1, -0.05) is 31.5 Å². The first kappa shape index (κ1) is 15.7. The smallest absolute Gasteiger partial charge is 0.231 e. The monoisotopic (exact) mass is 305 g/mol. The van der Waals surface area contributed by atoms with Gasteiger partial charge in [-0.15, -0.1) is 0 Å². The Balaban J connectivity index is 2.29. The Morgan fingerprint density at radius 2 is 1.74 bits per heavy atom. The lowest BCUT2D eigenvalue weighted by atomic mass is 9.97. The topological polar surface area (TPSA) is 16.8 Å². The van der Waals surface area contributed by atoms with E-state index in [9.17, 15) is 0 Å². The predicted molar refractivity (Wildman–Crippen MR) is 96.7 cm³/mol. The summed E-state index contributed by atoms with van der Waals surface area (Å²) in [5.74, 6) is 0.519. The first-order valence-corrected chi connectivity index (χ1v) is 8.25. The summed E-state index contributed by atoms with van der Waals surface area (Å²) in [4.78, 5) is 4.70. The first-order chi connectivity index (χ1) is 10.9. The van der Waals surface area contributed by atoms with Gasteiger partial charge in [-0.25, -0.2) is 4.98 Å². The lowest BCUT2D eigenvalue weighted by Crippen LogP contribution is -2.33. The van der Waals surface area contributed by atoms with Crippen LogP contribution in [0.2, 0.25) is 0 Å². The SMILES string of the molecule is Cc1cc(C)c(C)c(-c2cnc3ccc(C(C)C)cc3[n+]2C)c1. The second kappa shape index (κ2) is 5.77. The Bertz CT molecular complexity index is 892. The molecule has 0 aliphatic carbocycles. The van der Waals surface area contributed by atoms with Crippen LogP contribution in [0.15, 0.2) is 36.5 Å². The van der Waals surface area contributed by atoms with E-state index in [4.69, 9.17) is 4.98 Å². The van der Waals surface area contributed by atoms with Gasteiger partial charge in [0.1, 0.15) is 18.8 Å². The largest absolute Gasteiger partial charge is 0.243 e. The normalized spacial score (nSPS) is 11.4. The van der Waals surface area contributed by atoms with Crippen molar-refractivity contribution in [3.05, 3.63) is 58.8 Å². The van der Waals surface area contributed by atoms with E-state index in [0.717, 1.165) is 5.52 Å². The summed E-state index contributed by atoms with van der Waals surface area (Å²) in [6.45, 7) is 11.0. The van der Waals surface area contributed by atoms with Gasteiger partial charge in [0.05, 0.1) is 5.56 Å². The molecule has 23 heavy (non-hydrogen) atoms. The van der Waals surface area contributed by atoms with Crippen molar-refractivity contribution in [3.8, 4) is 11.3 Å². The van der Waals surface area contributed by atoms with Crippen molar-refractivity contribution in [1.29, 1.82) is 0 Å². The molecule has 0 saturated heterocycles. The van der Waals surface area contributed by atoms with Gasteiger partial charge < -0.3 is 0 Å². The third-order valence-electron chi connectivity index (χ3n) is 4.80. The minimum atomic E-state index is 0.519. The molecular weight excluding hydrogens is 280 g/mol. The third-order valence-corrected chi connectivity index (χ3v) is 4.80. The molecule has 0 atom stereocenters. The molecule has 0 aliphatic heterocycles. The predicted octanol–water partition coefficient (Wildman–Crippen LogP) is 4.77. The Morgan fingerprint density at radius 3 is 2.43 bits per heavy atom. The number of aromatic nitrogens is 2. The molecule has 0 amide bonds. The second-order valence-corrected chi connectivity index (χ2v) is 6.86. The third kappa shape index (κ3) is 2.74. The van der Waals surface area contributed by atoms with Crippen molar-refractivity contribution in [2.24, 2.45) is 7.05 Å². The van der Waals surface area contributed by atoms with E-state index in [1.807, 2.05) is 6.20 Å². The molecule has 0 aliphatic rings. The number of hydrogen-bond acceptors (Lipinski definition) is 1. The zero-order chi connectivity index (χ0) is 16.7. The molecule has 0 fully saturated rings. The Morgan fingerprint density at radius 1 is 1.00 bits per heavy atom. The average molecular weight is 305 g/mol. The van der Waals surface area contributed by atoms with Crippen LogP contribution in [0.3, 0.4) is 0 Å². The highest BCUT2D eigenvalue weighted by Gasteiger charge is 2.18. The van der Waals surface area contributed by atoms with Crippen LogP contribution in [0.25, 0.3) is 22.3 Å². The molecule has 3 aromatic rings. The molecule has 0 radical (unpaired) electrons. The Labute approximate surface area is 138 Å². The molecular formula is C21H25N2+. The molecule has 2 heteroatoms. The van der Waals surface area contributed by atoms with Crippen LogP contribution >= 0.6 is 0 Å². The fourth-order valence-corrected chi connectivity index (χ4v) is 3.18. The zero-order valence-electron chi connectivity index (χ0n) is 14.9. The molecule has 1 heterocycles. The molecule has 1 aromatic heterocycles. The second-order valence-electron chi connectivity index (χ2n) is 6.86. The first-order valence-electron chi connectivity index (χ1n) is 8.25. The van der Waals surface area contributed by atoms with E-state index in [1.165, 1.54) is 39.0 Å². The fraction of sp³-hybridized carbons (Fsp3) is 0.333. The van der Waals surface area contributed by atoms with Crippen LogP contribution in [0, 0.1) is 20.8 Å². The minimum Gasteiger partial charge on any atom is -0.243 e. The molecule has 3 rings (SSSR count). The minimum absolute atomic E-state index is 0.519. The van der Waals surface area contributed by atoms with E-state index >= 15 is 0 Å². The average Bonchev–Trinajstić information content (AvgIpc) is 2.51. The van der Waals surface area contributed by atoms with Gasteiger partial charge in [-0.2, -0.15) is 4.57 Å². The van der Waals surface area contributed by atoms with Crippen molar-refractivity contribution in [2.75, 3.05) is 0 Å². The molecule has 2 aromatic carbocycles. The Hall–Kier alpha value is -2.22. The quantitative estimate of drug-likeness (QED) is 0.623. The maximum atomic E-state index is 4.70. The standard InChI is InChI=1S/C21H25N2/c1-13(2)17-7-8-19-20(11-17)23(6)21(12-22-19)18-10-14(3)9-15(4)16(18)5/h7-13H,1-6H3/q+1. The summed E-state index contributed by atoms with van der Waals surface area (Å²) >= 11 is 0. The summed E-state index contributed by atoms with van der Waals surface area (Å²) in [7, 11) is 2.14. The summed E-state index contributed by atoms with van der Waals surface area (Å²) in [5.41, 5.74) is 9.97. The van der Waals surface area contributed by atoms with Gasteiger partial charge in [0, 0.05) is 6.07 Å². The van der Waals surface area contributed by atoms with Gasteiger partial charge in [0.15, 0.2) is 0 Å². The zero-order valence-corrected chi connectivity index (χ0v) is 14.9. The van der Waals surface area contributed by atoms with Crippen molar-refractivity contribution >= 4 is 11.0 Å². The highest BCUT2D eigenvalue weighted by Crippen LogP contribution is 2.26. The maximum Gasteiger partial charge on any atom is 0.231 e. The van der Waals surface area contributed by atoms with Crippen LogP contribution in [-0.2, 0) is 7.05 Å². The van der Waals surface area contributed by atoms with Crippen molar-refractivity contribution in [3.63, 3.8) is 0 Å². The highest BCUT2D eigenvalue weighted by molar-refractivity contribution is 5.74. The molecule has 0 spiro atoms. The van der Waals surface area contributed by atoms with Crippen LogP contribution in [0.1, 0.15) is 42.0 Å². The number of nitrogens with zero attached hydrogens (tertiary/aromatic N) is 2. The molecule has 0 bridgehead atoms. The number of aryl methyl sites for hydroxylation is 3. The number of benzene rings is 2. The lowest BCUT2D eigenvalue weighted by molar-refractivity contribution is -0.634. The molecule has 0 saturated carbocycles. The van der Waals surface area contributed by atoms with Gasteiger partial charge >= 0.3 is 0 Å². The van der Waals surface area contributed by atoms with E-state index in [1.54, 1.807) is 0 Å². The van der Waals surface area contributed by atoms with Gasteiger partial charge in [-0.05, 0) is 55.5 Å². The van der Waals surface area contributed by atoms with Crippen molar-refractivity contribution < 1.29 is 4.57 Å². The molecule has 2 nitrogen and oxygen atoms in total. The summed E-state index contributed by atoms with van der Waals surface area (Å²) in [6.07, 6.45) is 2.00. The Kier molecular flexibility index (Phi) is 3.93. The van der Waals surface area contributed by atoms with Crippen LogP contribution in [0.4, 0.5) is 0 Å². The van der Waals surface area contributed by atoms with Gasteiger partial charge in [0.25, 0.3) is 0 Å². The number of fused-ring (bicyclic) bond motifs is 1. The molecule has 118 valence electrons. The lowest BCUT2D eigenvalue weighted by Gasteiger charge is -2.11. The fourth-order valence-electron chi connectivity index (χ4n) is 3.18. The van der Waals surface area contributed by atoms with Gasteiger partial charge in [-0.3, -0.25) is 0 Å². The number of rotatable bonds is 2. The van der Waals surface area contributed by atoms with Crippen LogP contribution < -0.4 is 4.57 Å². The number of hydrogen-bond donors (Lipinski definition) is 0. The summed E-state index contributed by atoms with van der Waals surface area (Å²) in [5, 5.41) is 0. The van der Waals surface area contributed by atoms with Gasteiger partial charge in [0.2, 0.25) is 11.2 Å². The van der Waals surface area contributed by atoms with E-state index < -0.39 is 0 Å². The summed E-state index contributed by atoms with van der Waals surface area (Å²) < 4.78 is 2.27. The van der Waals surface area contributed by atoms with E-state index in [0.29, 0.717) is 5.92 Å². The highest BCUT2D eigenvalue weighted by atomic mass is 15.0. The summed E-state index contributed by atoms with van der Waals surface area (Å²) in [6, 6.07) is 11.1. The maximum absolute atomic E-state index is 4.70. The van der Waals surface area contributed by atoms with Crippen LogP contribution in [-0.4, -0.2) is 4.98 Å². The van der Waals surface area contributed by atoms with E-state index in [2.05, 4.69) is 76.6 Å². The molecule has 0 N–H and O–H groups in total. The van der Waals surface area contributed by atoms with Crippen LogP contribution in [0.5, 0.6) is 0 Å². The van der Waals surface area contributed by atoms with E-state index in [-0.39, 0.29) is 0 Å².